The predicted octanol–water partition coefficient (Wildman–Crippen LogP) is 5.02. The molecule has 15 atom stereocenters. The minimum Gasteiger partial charge on any atom is -0.479 e. The van der Waals surface area contributed by atoms with Gasteiger partial charge in [0.15, 0.2) is 5.60 Å². The van der Waals surface area contributed by atoms with Gasteiger partial charge in [-0.15, -0.1) is 0 Å². The Labute approximate surface area is 271 Å². The van der Waals surface area contributed by atoms with Gasteiger partial charge in [-0.05, 0) is 121 Å². The number of fused-ring (bicyclic) bond motifs is 7. The van der Waals surface area contributed by atoms with E-state index in [1.807, 2.05) is 0 Å². The van der Waals surface area contributed by atoms with Gasteiger partial charge in [0.1, 0.15) is 24.4 Å². The van der Waals surface area contributed by atoms with Crippen LogP contribution in [0.4, 0.5) is 0 Å². The number of carboxylic acids is 1. The third-order valence-electron chi connectivity index (χ3n) is 16.3. The minimum atomic E-state index is -1.61. The zero-order chi connectivity index (χ0) is 33.5. The summed E-state index contributed by atoms with van der Waals surface area (Å²) in [5.41, 5.74) is -1.34. The first-order valence-corrected chi connectivity index (χ1v) is 18.0. The molecule has 0 aromatic rings. The summed E-state index contributed by atoms with van der Waals surface area (Å²) >= 11 is 0. The molecule has 0 radical (unpaired) electrons. The second-order valence-electron chi connectivity index (χ2n) is 18.3. The summed E-state index contributed by atoms with van der Waals surface area (Å²) in [4.78, 5) is 12.7. The molecule has 1 heterocycles. The molecule has 8 nitrogen and oxygen atoms in total. The highest BCUT2D eigenvalue weighted by Gasteiger charge is 2.74. The molecule has 6 aliphatic rings. The van der Waals surface area contributed by atoms with E-state index in [0.29, 0.717) is 11.8 Å². The van der Waals surface area contributed by atoms with Crippen LogP contribution >= 0.6 is 0 Å². The van der Waals surface area contributed by atoms with Crippen molar-refractivity contribution in [3.8, 4) is 0 Å². The van der Waals surface area contributed by atoms with Gasteiger partial charge in [0, 0.05) is 5.41 Å². The van der Waals surface area contributed by atoms with Crippen LogP contribution in [0, 0.1) is 62.6 Å². The Morgan fingerprint density at radius 3 is 2.07 bits per heavy atom. The second kappa shape index (κ2) is 11.7. The molecule has 260 valence electrons. The van der Waals surface area contributed by atoms with Crippen molar-refractivity contribution in [3.05, 3.63) is 0 Å². The van der Waals surface area contributed by atoms with Crippen molar-refractivity contribution in [1.29, 1.82) is 0 Å². The normalized spacial score (nSPS) is 55.5. The Morgan fingerprint density at radius 2 is 1.44 bits per heavy atom. The van der Waals surface area contributed by atoms with Gasteiger partial charge in [0.25, 0.3) is 0 Å². The van der Waals surface area contributed by atoms with Crippen molar-refractivity contribution in [2.24, 2.45) is 62.6 Å². The van der Waals surface area contributed by atoms with Crippen LogP contribution in [-0.2, 0) is 9.53 Å². The van der Waals surface area contributed by atoms with E-state index in [-0.39, 0.29) is 41.3 Å². The molecule has 0 spiro atoms. The van der Waals surface area contributed by atoms with E-state index in [4.69, 9.17) is 25.2 Å². The van der Waals surface area contributed by atoms with Crippen LogP contribution in [0.15, 0.2) is 0 Å². The molecule has 5 aliphatic carbocycles. The zero-order valence-electron chi connectivity index (χ0n) is 29.3. The average molecular weight is 637 g/mol. The van der Waals surface area contributed by atoms with Crippen LogP contribution < -0.4 is 0 Å². The summed E-state index contributed by atoms with van der Waals surface area (Å²) in [5.74, 6) is 2.62. The number of hydrogen-bond acceptors (Lipinski definition) is 7. The topological polar surface area (TPSA) is 148 Å². The lowest BCUT2D eigenvalue weighted by atomic mass is 9.30. The lowest BCUT2D eigenvalue weighted by Gasteiger charge is -2.75. The lowest BCUT2D eigenvalue weighted by Crippen LogP contribution is -2.73. The first-order valence-electron chi connectivity index (χ1n) is 18.0. The van der Waals surface area contributed by atoms with Crippen LogP contribution in [0.1, 0.15) is 120 Å². The molecule has 45 heavy (non-hydrogen) atoms. The molecule has 0 bridgehead atoms. The molecule has 0 amide bonds. The van der Waals surface area contributed by atoms with Crippen LogP contribution in [-0.4, -0.2) is 79.8 Å². The van der Waals surface area contributed by atoms with Crippen molar-refractivity contribution in [2.75, 3.05) is 13.2 Å². The highest BCUT2D eigenvalue weighted by Crippen LogP contribution is 2.78. The second-order valence-corrected chi connectivity index (χ2v) is 18.3. The number of aliphatic hydroxyl groups excluding tert-OH is 4. The summed E-state index contributed by atoms with van der Waals surface area (Å²) in [5, 5.41) is 58.1. The SMILES string of the molecule is C[C@@H]1[C@H]2[C@H]3CC[C@@H]4[C@]5(C)[C@@H](CC[C@@]4(C)[C@]3(C)CC[C@@]2(C)CC[C@H]1C)C(C)(C)CCC5(O)C(=O)O.OC[C@H]1OC[C@H](O)[C@@H](O)[C@@H]1O. The number of carboxylic acid groups (broad SMARTS) is 1. The van der Waals surface area contributed by atoms with Gasteiger partial charge in [-0.2, -0.15) is 0 Å². The smallest absolute Gasteiger partial charge is 0.336 e. The molecular formula is C37H64O8. The quantitative estimate of drug-likeness (QED) is 0.248. The average Bonchev–Trinajstić information content (AvgIpc) is 2.97. The van der Waals surface area contributed by atoms with Crippen LogP contribution in [0.2, 0.25) is 0 Å². The van der Waals surface area contributed by atoms with E-state index < -0.39 is 41.4 Å². The van der Waals surface area contributed by atoms with Crippen molar-refractivity contribution in [3.63, 3.8) is 0 Å². The van der Waals surface area contributed by atoms with Crippen LogP contribution in [0.3, 0.4) is 0 Å². The van der Waals surface area contributed by atoms with E-state index in [1.165, 1.54) is 38.5 Å². The van der Waals surface area contributed by atoms with Gasteiger partial charge < -0.3 is 35.4 Å². The Bertz CT molecular complexity index is 1110. The van der Waals surface area contributed by atoms with Gasteiger partial charge in [-0.3, -0.25) is 0 Å². The largest absolute Gasteiger partial charge is 0.479 e. The lowest BCUT2D eigenvalue weighted by molar-refractivity contribution is -0.290. The van der Waals surface area contributed by atoms with Crippen LogP contribution in [0.5, 0.6) is 0 Å². The Balaban J connectivity index is 0.000000309. The Kier molecular flexibility index (Phi) is 9.23. The standard InChI is InChI=1S/C31H52O3.C6H12O5/c1-19-11-13-27(5)16-17-28(6)21(24(27)20(19)2)9-10-23-29(28,7)14-12-22-26(3,4)15-18-31(34,25(32)33)30(22,23)8;7-1-4-6(10)5(9)3(8)2-11-4/h19-24,34H,9-18H2,1-8H3,(H,32,33);3-10H,1-2H2/t19-,20+,21-,22+,23+,24+,27-,28-,29-,30+,31?;3-,4+,5+,6+/m10/s1. The molecule has 6 N–H and O–H groups in total. The van der Waals surface area contributed by atoms with E-state index in [9.17, 15) is 15.0 Å². The maximum absolute atomic E-state index is 12.7. The Morgan fingerprint density at radius 1 is 0.778 bits per heavy atom. The third-order valence-corrected chi connectivity index (χ3v) is 16.3. The summed E-state index contributed by atoms with van der Waals surface area (Å²) in [6.45, 7) is 19.2. The Hall–Kier alpha value is -0.770. The van der Waals surface area contributed by atoms with Gasteiger partial charge in [0.2, 0.25) is 0 Å². The zero-order valence-corrected chi connectivity index (χ0v) is 29.3. The summed E-state index contributed by atoms with van der Waals surface area (Å²) in [6, 6.07) is 0. The maximum atomic E-state index is 12.7. The molecule has 1 unspecified atom stereocenters. The van der Waals surface area contributed by atoms with Crippen molar-refractivity contribution in [1.82, 2.24) is 0 Å². The predicted molar refractivity (Wildman–Crippen MR) is 172 cm³/mol. The molecule has 8 heteroatoms. The van der Waals surface area contributed by atoms with E-state index >= 15 is 0 Å². The first-order chi connectivity index (χ1) is 20.7. The maximum Gasteiger partial charge on any atom is 0.336 e. The summed E-state index contributed by atoms with van der Waals surface area (Å²) < 4.78 is 4.81. The summed E-state index contributed by atoms with van der Waals surface area (Å²) in [7, 11) is 0. The van der Waals surface area contributed by atoms with E-state index in [2.05, 4.69) is 55.4 Å². The van der Waals surface area contributed by atoms with Crippen molar-refractivity contribution >= 4 is 5.97 Å². The van der Waals surface area contributed by atoms with Gasteiger partial charge >= 0.3 is 5.97 Å². The number of ether oxygens (including phenoxy) is 1. The molecule has 5 saturated carbocycles. The first kappa shape index (κ1) is 35.5. The molecule has 6 rings (SSSR count). The van der Waals surface area contributed by atoms with Crippen molar-refractivity contribution < 1.29 is 40.2 Å². The molecule has 1 saturated heterocycles. The third kappa shape index (κ3) is 5.00. The molecule has 0 aromatic heterocycles. The molecular weight excluding hydrogens is 572 g/mol. The summed E-state index contributed by atoms with van der Waals surface area (Å²) in [6.07, 6.45) is 6.81. The van der Waals surface area contributed by atoms with Gasteiger partial charge in [-0.1, -0.05) is 55.4 Å². The fraction of sp³-hybridized carbons (Fsp3) is 0.973. The molecule has 0 aromatic carbocycles. The number of hydrogen-bond donors (Lipinski definition) is 6. The number of aliphatic hydroxyl groups is 5. The number of aliphatic carboxylic acids is 1. The number of rotatable bonds is 2. The highest BCUT2D eigenvalue weighted by atomic mass is 16.5. The molecule has 6 fully saturated rings. The molecule has 1 aliphatic heterocycles. The minimum absolute atomic E-state index is 0.0521. The van der Waals surface area contributed by atoms with Crippen LogP contribution in [0.25, 0.3) is 0 Å². The highest BCUT2D eigenvalue weighted by molar-refractivity contribution is 5.79. The monoisotopic (exact) mass is 636 g/mol. The fourth-order valence-corrected chi connectivity index (χ4v) is 13.0. The number of carbonyl (C=O) groups is 1. The fourth-order valence-electron chi connectivity index (χ4n) is 13.0. The van der Waals surface area contributed by atoms with Crippen molar-refractivity contribution in [2.45, 2.75) is 150 Å². The van der Waals surface area contributed by atoms with Gasteiger partial charge in [-0.25, -0.2) is 4.79 Å². The van der Waals surface area contributed by atoms with E-state index in [0.717, 1.165) is 42.9 Å². The van der Waals surface area contributed by atoms with E-state index in [1.54, 1.807) is 0 Å². The van der Waals surface area contributed by atoms with Gasteiger partial charge in [0.05, 0.1) is 13.2 Å².